The molecule has 11 heteroatoms. The van der Waals surface area contributed by atoms with E-state index in [0.717, 1.165) is 19.3 Å². The van der Waals surface area contributed by atoms with Crippen LogP contribution in [0.1, 0.15) is 36.8 Å². The van der Waals surface area contributed by atoms with Gasteiger partial charge in [0.25, 0.3) is 5.56 Å². The number of nitrogens with one attached hydrogen (secondary N) is 2. The van der Waals surface area contributed by atoms with Gasteiger partial charge < -0.3 is 15.4 Å². The molecule has 2 N–H and O–H groups in total. The van der Waals surface area contributed by atoms with Gasteiger partial charge in [-0.2, -0.15) is 13.2 Å². The molecule has 5 rings (SSSR count). The van der Waals surface area contributed by atoms with Crippen molar-refractivity contribution in [1.82, 2.24) is 19.5 Å². The lowest BCUT2D eigenvalue weighted by Crippen LogP contribution is -2.52. The molecule has 4 heterocycles. The third kappa shape index (κ3) is 4.47. The summed E-state index contributed by atoms with van der Waals surface area (Å²) in [4.78, 5) is 24.9. The number of aromatic nitrogens is 4. The van der Waals surface area contributed by atoms with Crippen LogP contribution in [0.2, 0.25) is 0 Å². The first-order valence-electron chi connectivity index (χ1n) is 11.5. The Bertz CT molecular complexity index is 1240. The minimum Gasteiger partial charge on any atom is -0.367 e. The summed E-state index contributed by atoms with van der Waals surface area (Å²) in [6.07, 6.45) is 3.65. The zero-order chi connectivity index (χ0) is 24.6. The van der Waals surface area contributed by atoms with E-state index < -0.39 is 11.8 Å². The number of aryl methyl sites for hydroxylation is 1. The number of hydrogen-bond acceptors (Lipinski definition) is 7. The van der Waals surface area contributed by atoms with Crippen LogP contribution in [-0.2, 0) is 10.3 Å². The Morgan fingerprint density at radius 3 is 2.37 bits per heavy atom. The van der Waals surface area contributed by atoms with Crippen LogP contribution in [-0.4, -0.2) is 44.4 Å². The van der Waals surface area contributed by atoms with E-state index >= 15 is 0 Å². The van der Waals surface area contributed by atoms with Crippen LogP contribution in [0.25, 0.3) is 5.69 Å². The van der Waals surface area contributed by atoms with Crippen LogP contribution in [0.15, 0.2) is 53.8 Å². The smallest absolute Gasteiger partial charge is 0.367 e. The predicted molar refractivity (Wildman–Crippen MR) is 124 cm³/mol. The van der Waals surface area contributed by atoms with Crippen molar-refractivity contribution in [3.63, 3.8) is 0 Å². The Hall–Kier alpha value is -3.47. The molecule has 1 saturated carbocycles. The zero-order valence-electron chi connectivity index (χ0n) is 19.0. The van der Waals surface area contributed by atoms with E-state index in [2.05, 4.69) is 25.6 Å². The maximum atomic E-state index is 13.4. The molecule has 184 valence electrons. The number of ether oxygens (including phenoxy) is 1. The second-order valence-electron chi connectivity index (χ2n) is 8.98. The molecule has 2 aliphatic rings. The Labute approximate surface area is 199 Å². The van der Waals surface area contributed by atoms with E-state index in [4.69, 9.17) is 4.74 Å². The van der Waals surface area contributed by atoms with Gasteiger partial charge in [0.2, 0.25) is 5.95 Å². The van der Waals surface area contributed by atoms with Gasteiger partial charge >= 0.3 is 6.18 Å². The predicted octanol–water partition coefficient (Wildman–Crippen LogP) is 3.95. The van der Waals surface area contributed by atoms with Crippen LogP contribution >= 0.6 is 0 Å². The van der Waals surface area contributed by atoms with E-state index in [-0.39, 0.29) is 36.2 Å². The standard InChI is InChI=1S/C24H25F3N6O2/c1-15-3-2-9-33(21(15)34)19-6-7-20(28-14-19)31-17-4-5-18(11-17)32-22-29-12-16(13-30-22)23(8-10-35-23)24(25,26)27/h2-3,6-7,9,12-14,17-18H,4-5,8,10-11H2,1H3,(H,28,31)(H,29,30,32)/t17-,18-,23?/m0/s1. The fourth-order valence-corrected chi connectivity index (χ4v) is 4.59. The largest absolute Gasteiger partial charge is 0.421 e. The van der Waals surface area contributed by atoms with Crippen molar-refractivity contribution in [2.45, 2.75) is 56.5 Å². The van der Waals surface area contributed by atoms with Gasteiger partial charge in [-0.1, -0.05) is 6.07 Å². The summed E-state index contributed by atoms with van der Waals surface area (Å²) in [6, 6.07) is 7.53. The Morgan fingerprint density at radius 2 is 1.77 bits per heavy atom. The van der Waals surface area contributed by atoms with E-state index in [1.807, 2.05) is 18.2 Å². The quantitative estimate of drug-likeness (QED) is 0.545. The first-order chi connectivity index (χ1) is 16.7. The van der Waals surface area contributed by atoms with Crippen LogP contribution in [0.4, 0.5) is 24.9 Å². The molecule has 0 spiro atoms. The normalized spacial score (nSPS) is 24.1. The van der Waals surface area contributed by atoms with Crippen LogP contribution in [0.3, 0.4) is 0 Å². The van der Waals surface area contributed by atoms with Gasteiger partial charge in [-0.3, -0.25) is 9.36 Å². The number of pyridine rings is 2. The summed E-state index contributed by atoms with van der Waals surface area (Å²) in [5.74, 6) is 1.00. The van der Waals surface area contributed by atoms with Crippen molar-refractivity contribution in [2.75, 3.05) is 17.2 Å². The van der Waals surface area contributed by atoms with Crippen molar-refractivity contribution in [3.05, 3.63) is 70.5 Å². The number of alkyl halides is 3. The lowest BCUT2D eigenvalue weighted by atomic mass is 9.87. The van der Waals surface area contributed by atoms with E-state index in [1.165, 1.54) is 12.4 Å². The van der Waals surface area contributed by atoms with Crippen molar-refractivity contribution >= 4 is 11.8 Å². The van der Waals surface area contributed by atoms with E-state index in [1.54, 1.807) is 30.0 Å². The molecule has 0 aromatic carbocycles. The molecule has 3 aromatic heterocycles. The monoisotopic (exact) mass is 486 g/mol. The van der Waals surface area contributed by atoms with Crippen LogP contribution in [0, 0.1) is 6.92 Å². The average molecular weight is 486 g/mol. The summed E-state index contributed by atoms with van der Waals surface area (Å²) in [7, 11) is 0. The van der Waals surface area contributed by atoms with Gasteiger partial charge in [-0.05, 0) is 44.4 Å². The third-order valence-electron chi connectivity index (χ3n) is 6.66. The molecule has 0 bridgehead atoms. The van der Waals surface area contributed by atoms with Crippen molar-refractivity contribution in [2.24, 2.45) is 0 Å². The topological polar surface area (TPSA) is 94.0 Å². The molecule has 8 nitrogen and oxygen atoms in total. The van der Waals surface area contributed by atoms with Gasteiger partial charge in [0, 0.05) is 48.2 Å². The fraction of sp³-hybridized carbons (Fsp3) is 0.417. The molecular formula is C24H25F3N6O2. The lowest BCUT2D eigenvalue weighted by Gasteiger charge is -2.42. The molecule has 1 aliphatic carbocycles. The average Bonchev–Trinajstić information content (AvgIpc) is 3.22. The fourth-order valence-electron chi connectivity index (χ4n) is 4.59. The van der Waals surface area contributed by atoms with Crippen LogP contribution < -0.4 is 16.2 Å². The highest BCUT2D eigenvalue weighted by Gasteiger charge is 2.61. The van der Waals surface area contributed by atoms with Gasteiger partial charge in [0.15, 0.2) is 5.60 Å². The highest BCUT2D eigenvalue weighted by molar-refractivity contribution is 5.42. The van der Waals surface area contributed by atoms with Crippen molar-refractivity contribution in [1.29, 1.82) is 0 Å². The number of nitrogens with zero attached hydrogens (tertiary/aromatic N) is 4. The molecule has 1 unspecified atom stereocenters. The van der Waals surface area contributed by atoms with Crippen molar-refractivity contribution < 1.29 is 17.9 Å². The summed E-state index contributed by atoms with van der Waals surface area (Å²) in [6.45, 7) is 1.84. The molecule has 0 radical (unpaired) electrons. The third-order valence-corrected chi connectivity index (χ3v) is 6.66. The molecule has 3 atom stereocenters. The maximum absolute atomic E-state index is 13.4. The van der Waals surface area contributed by atoms with Crippen LogP contribution in [0.5, 0.6) is 0 Å². The molecular weight excluding hydrogens is 461 g/mol. The molecule has 0 amide bonds. The van der Waals surface area contributed by atoms with E-state index in [9.17, 15) is 18.0 Å². The maximum Gasteiger partial charge on any atom is 0.421 e. The Kier molecular flexibility index (Phi) is 5.96. The zero-order valence-corrected chi connectivity index (χ0v) is 19.0. The first-order valence-corrected chi connectivity index (χ1v) is 11.5. The second-order valence-corrected chi connectivity index (χ2v) is 8.98. The Balaban J connectivity index is 1.17. The Morgan fingerprint density at radius 1 is 1.06 bits per heavy atom. The minimum atomic E-state index is -4.50. The van der Waals surface area contributed by atoms with Gasteiger partial charge in [-0.15, -0.1) is 0 Å². The van der Waals surface area contributed by atoms with Gasteiger partial charge in [-0.25, -0.2) is 15.0 Å². The highest BCUT2D eigenvalue weighted by atomic mass is 19.4. The number of halogens is 3. The number of rotatable bonds is 6. The minimum absolute atomic E-state index is 0.0675. The molecule has 35 heavy (non-hydrogen) atoms. The molecule has 1 saturated heterocycles. The molecule has 2 fully saturated rings. The van der Waals surface area contributed by atoms with Crippen molar-refractivity contribution in [3.8, 4) is 5.69 Å². The molecule has 3 aromatic rings. The number of hydrogen-bond donors (Lipinski definition) is 2. The summed E-state index contributed by atoms with van der Waals surface area (Å²) >= 11 is 0. The summed E-state index contributed by atoms with van der Waals surface area (Å²) in [5.41, 5.74) is -1.09. The first kappa shape index (κ1) is 23.3. The van der Waals surface area contributed by atoms with E-state index in [0.29, 0.717) is 23.0 Å². The second kappa shape index (κ2) is 8.95. The highest BCUT2D eigenvalue weighted by Crippen LogP contribution is 2.49. The lowest BCUT2D eigenvalue weighted by molar-refractivity contribution is -0.333. The van der Waals surface area contributed by atoms with Gasteiger partial charge in [0.05, 0.1) is 18.5 Å². The molecule has 1 aliphatic heterocycles. The van der Waals surface area contributed by atoms with Gasteiger partial charge in [0.1, 0.15) is 5.82 Å². The number of anilines is 2. The summed E-state index contributed by atoms with van der Waals surface area (Å²) in [5, 5.41) is 6.61. The summed E-state index contributed by atoms with van der Waals surface area (Å²) < 4.78 is 46.7. The SMILES string of the molecule is Cc1cccn(-c2ccc(N[C@H]3CC[C@H](Nc4ncc(C5(C(F)(F)F)CCO5)cn4)C3)nc2)c1=O.